The van der Waals surface area contributed by atoms with E-state index in [9.17, 15) is 9.59 Å². The predicted molar refractivity (Wildman–Crippen MR) is 122 cm³/mol. The molecule has 3 heterocycles. The molecule has 1 fully saturated rings. The lowest BCUT2D eigenvalue weighted by molar-refractivity contribution is -0.161. The Morgan fingerprint density at radius 2 is 1.86 bits per heavy atom. The largest absolute Gasteiger partial charge is 0.295 e. The second-order valence-electron chi connectivity index (χ2n) is 8.45. The van der Waals surface area contributed by atoms with Crippen molar-refractivity contribution in [2.45, 2.75) is 61.8 Å². The number of carbonyl (C=O) groups is 2. The Morgan fingerprint density at radius 3 is 2.34 bits per heavy atom. The van der Waals surface area contributed by atoms with Crippen LogP contribution in [0.4, 0.5) is 0 Å². The Morgan fingerprint density at radius 1 is 1.24 bits per heavy atom. The van der Waals surface area contributed by atoms with Crippen molar-refractivity contribution in [2.24, 2.45) is 10.8 Å². The van der Waals surface area contributed by atoms with Crippen LogP contribution in [0, 0.1) is 17.8 Å². The molecule has 8 heteroatoms. The highest BCUT2D eigenvalue weighted by atomic mass is 32.2. The van der Waals surface area contributed by atoms with Crippen LogP contribution in [-0.2, 0) is 9.59 Å². The summed E-state index contributed by atoms with van der Waals surface area (Å²) in [6, 6.07) is 0. The topological polar surface area (TPSA) is 63.2 Å². The van der Waals surface area contributed by atoms with Crippen LogP contribution in [0.1, 0.15) is 45.5 Å². The van der Waals surface area contributed by atoms with E-state index in [1.165, 1.54) is 0 Å². The molecule has 1 unspecified atom stereocenters. The van der Waals surface area contributed by atoms with E-state index in [4.69, 9.17) is 0 Å². The van der Waals surface area contributed by atoms with Gasteiger partial charge in [-0.2, -0.15) is 0 Å². The van der Waals surface area contributed by atoms with Gasteiger partial charge in [-0.25, -0.2) is 0 Å². The maximum atomic E-state index is 13.4. The zero-order valence-electron chi connectivity index (χ0n) is 17.5. The summed E-state index contributed by atoms with van der Waals surface area (Å²) in [6.45, 7) is 17.3. The van der Waals surface area contributed by atoms with Crippen LogP contribution in [0.15, 0.2) is 40.9 Å². The average Bonchev–Trinajstić information content (AvgIpc) is 3.06. The molecule has 3 rings (SSSR count). The molecule has 1 saturated heterocycles. The first-order valence-electron chi connectivity index (χ1n) is 9.50. The molecule has 29 heavy (non-hydrogen) atoms. The first-order valence-corrected chi connectivity index (χ1v) is 12.1. The van der Waals surface area contributed by atoms with Crippen molar-refractivity contribution in [2.75, 3.05) is 0 Å². The van der Waals surface area contributed by atoms with Gasteiger partial charge in [0.1, 0.15) is 5.01 Å². The summed E-state index contributed by atoms with van der Waals surface area (Å²) >= 11 is 4.87. The van der Waals surface area contributed by atoms with Gasteiger partial charge in [-0.3, -0.25) is 14.5 Å². The number of nitrogens with zero attached hydrogens (tertiary/aromatic N) is 3. The normalized spacial score (nSPS) is 23.5. The maximum absolute atomic E-state index is 13.4. The molecule has 1 amide bonds. The lowest BCUT2D eigenvalue weighted by Crippen LogP contribution is -2.69. The fraction of sp³-hybridized carbons (Fsp3) is 0.524. The zero-order valence-corrected chi connectivity index (χ0v) is 20.0. The Bertz CT molecular complexity index is 887. The summed E-state index contributed by atoms with van der Waals surface area (Å²) in [7, 11) is 0. The molecule has 2 aliphatic heterocycles. The fourth-order valence-corrected chi connectivity index (χ4v) is 7.95. The molecule has 5 nitrogen and oxygen atoms in total. The van der Waals surface area contributed by atoms with E-state index in [0.29, 0.717) is 18.5 Å². The smallest absolute Gasteiger partial charge is 0.237 e. The number of fused-ring (bicyclic) bond motifs is 1. The summed E-state index contributed by atoms with van der Waals surface area (Å²) in [4.78, 5) is 28.4. The second-order valence-corrected chi connectivity index (χ2v) is 12.5. The summed E-state index contributed by atoms with van der Waals surface area (Å²) < 4.78 is 0.867. The number of ketones is 1. The molecule has 0 radical (unpaired) electrons. The van der Waals surface area contributed by atoms with E-state index in [2.05, 4.69) is 23.4 Å². The highest BCUT2D eigenvalue weighted by Gasteiger charge is 2.64. The van der Waals surface area contributed by atoms with E-state index in [0.717, 1.165) is 14.9 Å². The number of amides is 1. The number of β-lactam (4-membered cyclic amide) rings is 1. The Balaban J connectivity index is 2.07. The number of Topliss-reactive ketones (excluding diaryl/α,β-unsaturated/α-hetero) is 1. The third kappa shape index (κ3) is 3.75. The van der Waals surface area contributed by atoms with Gasteiger partial charge in [0.15, 0.2) is 10.1 Å². The fourth-order valence-electron chi connectivity index (χ4n) is 3.72. The van der Waals surface area contributed by atoms with Crippen molar-refractivity contribution in [3.05, 3.63) is 41.6 Å². The van der Waals surface area contributed by atoms with Crippen LogP contribution in [0.3, 0.4) is 0 Å². The molecule has 0 N–H and O–H groups in total. The van der Waals surface area contributed by atoms with Crippen LogP contribution in [-0.4, -0.2) is 36.7 Å². The molecule has 1 aromatic rings. The molecular formula is C21H27N3O2S3. The maximum Gasteiger partial charge on any atom is 0.237 e. The summed E-state index contributed by atoms with van der Waals surface area (Å²) in [5, 5.41) is 9.15. The molecule has 1 aromatic heterocycles. The standard InChI is InChI=1S/C21H27N3O2S3/c1-8-10-21(11-9-2)17(26)24-14(15(25)20(5,6)7)12(3)16(28-18(21)24)29-19-23-22-13(4)27-19/h8-9,16,18H,1-2,10-11H2,3-7H3/t16?,18-/m0/s1. The number of hydrogen-bond donors (Lipinski definition) is 0. The molecule has 0 bridgehead atoms. The summed E-state index contributed by atoms with van der Waals surface area (Å²) in [5.41, 5.74) is 0.304. The first kappa shape index (κ1) is 22.3. The quantitative estimate of drug-likeness (QED) is 0.421. The highest BCUT2D eigenvalue weighted by Crippen LogP contribution is 2.59. The van der Waals surface area contributed by atoms with Crippen LogP contribution < -0.4 is 0 Å². The van der Waals surface area contributed by atoms with Crippen LogP contribution in [0.2, 0.25) is 0 Å². The summed E-state index contributed by atoms with van der Waals surface area (Å²) in [6.07, 6.45) is 4.73. The van der Waals surface area contributed by atoms with Crippen LogP contribution in [0.5, 0.6) is 0 Å². The van der Waals surface area contributed by atoms with Gasteiger partial charge in [0.25, 0.3) is 0 Å². The van der Waals surface area contributed by atoms with Gasteiger partial charge in [-0.15, -0.1) is 35.1 Å². The predicted octanol–water partition coefficient (Wildman–Crippen LogP) is 5.21. The first-order chi connectivity index (χ1) is 13.6. The minimum Gasteiger partial charge on any atom is -0.295 e. The molecule has 0 spiro atoms. The zero-order chi connectivity index (χ0) is 21.6. The number of hydrogen-bond acceptors (Lipinski definition) is 7. The molecule has 156 valence electrons. The van der Waals surface area contributed by atoms with E-state index in [1.807, 2.05) is 34.6 Å². The van der Waals surface area contributed by atoms with Crippen molar-refractivity contribution >= 4 is 46.6 Å². The number of aryl methyl sites for hydroxylation is 1. The Labute approximate surface area is 185 Å². The Kier molecular flexibility index (Phi) is 6.18. The molecule has 0 aliphatic carbocycles. The van der Waals surface area contributed by atoms with Crippen molar-refractivity contribution < 1.29 is 9.59 Å². The van der Waals surface area contributed by atoms with Gasteiger partial charge in [-0.1, -0.05) is 56.0 Å². The SMILES string of the molecule is C=CCC1(CC=C)C(=O)N2C(C(=O)C(C)(C)C)=C(C)C(Sc3nnc(C)s3)S[C@H]21. The van der Waals surface area contributed by atoms with Gasteiger partial charge < -0.3 is 0 Å². The molecule has 2 aliphatic rings. The van der Waals surface area contributed by atoms with E-state index in [1.54, 1.807) is 51.9 Å². The Hall–Kier alpha value is -1.38. The molecule has 0 aromatic carbocycles. The lowest BCUT2D eigenvalue weighted by atomic mass is 9.71. The summed E-state index contributed by atoms with van der Waals surface area (Å²) in [5.74, 6) is -0.00420. The van der Waals surface area contributed by atoms with E-state index in [-0.39, 0.29) is 21.6 Å². The van der Waals surface area contributed by atoms with Crippen molar-refractivity contribution in [1.29, 1.82) is 0 Å². The minimum absolute atomic E-state index is 0.00139. The van der Waals surface area contributed by atoms with Gasteiger partial charge >= 0.3 is 0 Å². The molecular weight excluding hydrogens is 422 g/mol. The van der Waals surface area contributed by atoms with E-state index < -0.39 is 10.8 Å². The highest BCUT2D eigenvalue weighted by molar-refractivity contribution is 8.18. The third-order valence-electron chi connectivity index (χ3n) is 5.20. The van der Waals surface area contributed by atoms with Crippen molar-refractivity contribution in [1.82, 2.24) is 15.1 Å². The van der Waals surface area contributed by atoms with Crippen LogP contribution in [0.25, 0.3) is 0 Å². The van der Waals surface area contributed by atoms with Gasteiger partial charge in [0.2, 0.25) is 5.91 Å². The number of allylic oxidation sites excluding steroid dienone is 3. The lowest BCUT2D eigenvalue weighted by Gasteiger charge is -2.59. The molecule has 0 saturated carbocycles. The number of aromatic nitrogens is 2. The second kappa shape index (κ2) is 8.04. The average molecular weight is 450 g/mol. The van der Waals surface area contributed by atoms with Gasteiger partial charge in [-0.05, 0) is 32.3 Å². The number of thioether (sulfide) groups is 2. The molecule has 2 atom stereocenters. The minimum atomic E-state index is -0.589. The van der Waals surface area contributed by atoms with Crippen molar-refractivity contribution in [3.8, 4) is 0 Å². The van der Waals surface area contributed by atoms with Crippen LogP contribution >= 0.6 is 34.9 Å². The van der Waals surface area contributed by atoms with E-state index >= 15 is 0 Å². The number of rotatable bonds is 7. The third-order valence-corrected chi connectivity index (χ3v) is 9.37. The van der Waals surface area contributed by atoms with Crippen molar-refractivity contribution in [3.63, 3.8) is 0 Å². The van der Waals surface area contributed by atoms with Gasteiger partial charge in [0.05, 0.1) is 21.1 Å². The number of carbonyl (C=O) groups excluding carboxylic acids is 2. The van der Waals surface area contributed by atoms with Gasteiger partial charge in [0, 0.05) is 5.41 Å². The monoisotopic (exact) mass is 449 g/mol.